The molecule has 43 heavy (non-hydrogen) atoms. The summed E-state index contributed by atoms with van der Waals surface area (Å²) in [6.45, 7) is 2.37. The third kappa shape index (κ3) is 7.44. The molecule has 10 nitrogen and oxygen atoms in total. The second-order valence-electron chi connectivity index (χ2n) is 11.8. The number of amides is 2. The van der Waals surface area contributed by atoms with E-state index in [0.29, 0.717) is 16.9 Å². The molecule has 5 rings (SSSR count). The molecular formula is C27H31F6N7O3. The predicted molar refractivity (Wildman–Crippen MR) is 137 cm³/mol. The quantitative estimate of drug-likeness (QED) is 0.288. The fraction of sp³-hybridized carbons (Fsp3) is 0.630. The first kappa shape index (κ1) is 30.7. The Labute approximate surface area is 241 Å². The molecule has 2 aliphatic rings. The minimum Gasteiger partial charge on any atom is -0.349 e. The van der Waals surface area contributed by atoms with E-state index in [4.69, 9.17) is 0 Å². The van der Waals surface area contributed by atoms with Crippen molar-refractivity contribution in [2.45, 2.75) is 95.1 Å². The van der Waals surface area contributed by atoms with Crippen LogP contribution in [0.25, 0.3) is 5.65 Å². The number of carbonyl (C=O) groups is 2. The second-order valence-corrected chi connectivity index (χ2v) is 11.8. The lowest BCUT2D eigenvalue weighted by Crippen LogP contribution is -2.38. The van der Waals surface area contributed by atoms with Crippen molar-refractivity contribution in [2.24, 2.45) is 11.8 Å². The van der Waals surface area contributed by atoms with Crippen molar-refractivity contribution in [2.75, 3.05) is 0 Å². The van der Waals surface area contributed by atoms with Crippen LogP contribution in [0, 0.1) is 11.8 Å². The standard InChI is InChI=1S/C27H31F6N7O3/c1-25(2,28)23-22(38-43-39-23)24(42)37-21(15-5-8-26(29,30)9-6-15)17-13-40-18(35-17)11-16(12-34-40)20(14-3-4-14)36-19(41)7-10-27(31,32)33/h11-15,20-21H,3-10H2,1-2H3,(H,36,41)(H,37,42)/t20-,21+/m1/s1. The van der Waals surface area contributed by atoms with Crippen molar-refractivity contribution in [3.8, 4) is 0 Å². The van der Waals surface area contributed by atoms with Crippen LogP contribution >= 0.6 is 0 Å². The smallest absolute Gasteiger partial charge is 0.349 e. The number of halogens is 6. The van der Waals surface area contributed by atoms with E-state index in [2.05, 4.69) is 35.7 Å². The molecule has 0 saturated heterocycles. The maximum absolute atomic E-state index is 14.6. The average Bonchev–Trinajstić information content (AvgIpc) is 3.45. The van der Waals surface area contributed by atoms with Gasteiger partial charge in [0.25, 0.3) is 5.91 Å². The third-order valence-electron chi connectivity index (χ3n) is 7.87. The van der Waals surface area contributed by atoms with Crippen LogP contribution in [0.5, 0.6) is 0 Å². The van der Waals surface area contributed by atoms with Gasteiger partial charge in [-0.15, -0.1) is 0 Å². The van der Waals surface area contributed by atoms with Gasteiger partial charge >= 0.3 is 6.18 Å². The minimum atomic E-state index is -4.45. The summed E-state index contributed by atoms with van der Waals surface area (Å²) in [5.74, 6) is -4.78. The molecule has 2 aliphatic carbocycles. The Hall–Kier alpha value is -3.72. The highest BCUT2D eigenvalue weighted by Crippen LogP contribution is 2.43. The first-order valence-electron chi connectivity index (χ1n) is 14.0. The lowest BCUT2D eigenvalue weighted by Gasteiger charge is -2.33. The molecule has 2 atom stereocenters. The Bertz CT molecular complexity index is 1470. The Morgan fingerprint density at radius 3 is 2.35 bits per heavy atom. The van der Waals surface area contributed by atoms with Crippen LogP contribution < -0.4 is 10.6 Å². The molecule has 0 bridgehead atoms. The Balaban J connectivity index is 1.41. The van der Waals surface area contributed by atoms with Crippen LogP contribution in [0.2, 0.25) is 0 Å². The zero-order valence-corrected chi connectivity index (χ0v) is 23.4. The summed E-state index contributed by atoms with van der Waals surface area (Å²) in [7, 11) is 0. The number of alkyl halides is 6. The van der Waals surface area contributed by atoms with Crippen LogP contribution in [0.1, 0.15) is 105 Å². The largest absolute Gasteiger partial charge is 0.389 e. The number of imidazole rings is 1. The molecule has 3 aromatic heterocycles. The van der Waals surface area contributed by atoms with E-state index in [1.165, 1.54) is 30.8 Å². The molecule has 2 fully saturated rings. The topological polar surface area (TPSA) is 127 Å². The monoisotopic (exact) mass is 615 g/mol. The van der Waals surface area contributed by atoms with Gasteiger partial charge in [-0.2, -0.15) is 18.3 Å². The molecular weight excluding hydrogens is 584 g/mol. The van der Waals surface area contributed by atoms with E-state index in [9.17, 15) is 35.9 Å². The Morgan fingerprint density at radius 1 is 1.05 bits per heavy atom. The van der Waals surface area contributed by atoms with Gasteiger partial charge in [-0.1, -0.05) is 5.16 Å². The van der Waals surface area contributed by atoms with Gasteiger partial charge in [0, 0.05) is 19.3 Å². The SMILES string of the molecule is CC(C)(F)c1nonc1C(=O)N[C@H](c1cn2ncc([C@H](NC(=O)CCC(F)(F)F)C3CC3)cc2n1)C1CCC(F)(F)CC1. The number of carbonyl (C=O) groups excluding carboxylic acids is 2. The van der Waals surface area contributed by atoms with Crippen molar-refractivity contribution in [1.29, 1.82) is 0 Å². The normalized spacial score (nSPS) is 19.3. The van der Waals surface area contributed by atoms with E-state index in [0.717, 1.165) is 12.8 Å². The summed E-state index contributed by atoms with van der Waals surface area (Å²) in [5, 5.41) is 16.9. The summed E-state index contributed by atoms with van der Waals surface area (Å²) in [4.78, 5) is 30.1. The lowest BCUT2D eigenvalue weighted by molar-refractivity contribution is -0.144. The second kappa shape index (κ2) is 11.4. The highest BCUT2D eigenvalue weighted by molar-refractivity contribution is 5.93. The van der Waals surface area contributed by atoms with E-state index < -0.39 is 60.4 Å². The molecule has 0 aromatic carbocycles. The van der Waals surface area contributed by atoms with E-state index in [-0.39, 0.29) is 43.0 Å². The van der Waals surface area contributed by atoms with Gasteiger partial charge in [0.1, 0.15) is 0 Å². The summed E-state index contributed by atoms with van der Waals surface area (Å²) in [6.07, 6.45) is -2.40. The molecule has 3 aromatic rings. The lowest BCUT2D eigenvalue weighted by atomic mass is 9.81. The molecule has 3 heterocycles. The summed E-state index contributed by atoms with van der Waals surface area (Å²) >= 11 is 0. The van der Waals surface area contributed by atoms with E-state index >= 15 is 0 Å². The van der Waals surface area contributed by atoms with E-state index in [1.807, 2.05) is 0 Å². The number of fused-ring (bicyclic) bond motifs is 1. The summed E-state index contributed by atoms with van der Waals surface area (Å²) in [6, 6.07) is 0.210. The Kier molecular flexibility index (Phi) is 8.15. The number of hydrogen-bond donors (Lipinski definition) is 2. The molecule has 0 unspecified atom stereocenters. The van der Waals surface area contributed by atoms with Gasteiger partial charge in [-0.25, -0.2) is 27.3 Å². The molecule has 0 aliphatic heterocycles. The fourth-order valence-corrected chi connectivity index (χ4v) is 5.40. The van der Waals surface area contributed by atoms with Crippen molar-refractivity contribution in [3.63, 3.8) is 0 Å². The summed E-state index contributed by atoms with van der Waals surface area (Å²) in [5.41, 5.74) is -1.56. The number of nitrogens with zero attached hydrogens (tertiary/aromatic N) is 5. The van der Waals surface area contributed by atoms with Gasteiger partial charge in [0.15, 0.2) is 22.7 Å². The summed E-state index contributed by atoms with van der Waals surface area (Å²) < 4.78 is 86.4. The average molecular weight is 616 g/mol. The molecule has 0 spiro atoms. The van der Waals surface area contributed by atoms with Crippen LogP contribution in [-0.4, -0.2) is 48.8 Å². The van der Waals surface area contributed by atoms with Crippen molar-refractivity contribution in [1.82, 2.24) is 35.5 Å². The number of rotatable bonds is 10. The first-order valence-corrected chi connectivity index (χ1v) is 14.0. The minimum absolute atomic E-state index is 0.0366. The van der Waals surface area contributed by atoms with E-state index in [1.54, 1.807) is 6.07 Å². The maximum Gasteiger partial charge on any atom is 0.389 e. The molecule has 2 amide bonds. The highest BCUT2D eigenvalue weighted by atomic mass is 19.4. The highest BCUT2D eigenvalue weighted by Gasteiger charge is 2.41. The molecule has 0 radical (unpaired) electrons. The number of hydrogen-bond acceptors (Lipinski definition) is 7. The predicted octanol–water partition coefficient (Wildman–Crippen LogP) is 5.52. The molecule has 234 valence electrons. The third-order valence-corrected chi connectivity index (χ3v) is 7.87. The van der Waals surface area contributed by atoms with Crippen LogP contribution in [0.3, 0.4) is 0 Å². The Morgan fingerprint density at radius 2 is 1.72 bits per heavy atom. The van der Waals surface area contributed by atoms with Gasteiger partial charge in [-0.3, -0.25) is 9.59 Å². The molecule has 2 saturated carbocycles. The zero-order chi connectivity index (χ0) is 31.2. The van der Waals surface area contributed by atoms with Crippen LogP contribution in [0.4, 0.5) is 26.3 Å². The van der Waals surface area contributed by atoms with Gasteiger partial charge in [0.05, 0.1) is 36.6 Å². The number of nitrogens with one attached hydrogen (secondary N) is 2. The van der Waals surface area contributed by atoms with Crippen molar-refractivity contribution >= 4 is 17.5 Å². The van der Waals surface area contributed by atoms with Crippen LogP contribution in [0.15, 0.2) is 23.1 Å². The first-order chi connectivity index (χ1) is 20.1. The molecule has 2 N–H and O–H groups in total. The van der Waals surface area contributed by atoms with Gasteiger partial charge in [-0.05, 0) is 68.2 Å². The maximum atomic E-state index is 14.6. The zero-order valence-electron chi connectivity index (χ0n) is 23.4. The number of aromatic nitrogens is 5. The fourth-order valence-electron chi connectivity index (χ4n) is 5.40. The van der Waals surface area contributed by atoms with Crippen LogP contribution in [-0.2, 0) is 10.5 Å². The van der Waals surface area contributed by atoms with Gasteiger partial charge < -0.3 is 10.6 Å². The van der Waals surface area contributed by atoms with Crippen molar-refractivity contribution in [3.05, 3.63) is 41.1 Å². The van der Waals surface area contributed by atoms with Crippen molar-refractivity contribution < 1.29 is 40.6 Å². The van der Waals surface area contributed by atoms with Gasteiger partial charge in [0.2, 0.25) is 11.8 Å². The molecule has 16 heteroatoms.